The van der Waals surface area contributed by atoms with Gasteiger partial charge in [-0.15, -0.1) is 0 Å². The van der Waals surface area contributed by atoms with E-state index in [1.807, 2.05) is 53.4 Å². The summed E-state index contributed by atoms with van der Waals surface area (Å²) in [5, 5.41) is 0. The lowest BCUT2D eigenvalue weighted by Gasteiger charge is -2.47. The second-order valence-electron chi connectivity index (χ2n) is 10.3. The Kier molecular flexibility index (Phi) is 6.86. The Balaban J connectivity index is 1.69. The van der Waals surface area contributed by atoms with Gasteiger partial charge in [0.2, 0.25) is 0 Å². The molecule has 1 spiro atoms. The molecule has 2 aliphatic heterocycles. The standard InChI is InChI=1S/C30H33NO7/c1-4-37-27(34)29(28(35)38-5-2)17-20-16-23-21-13-9-10-14-22(21)25(32)30(20,18-29)31(23)24(26(33)36-3)15-19-11-7-6-8-12-19/h6-14,20,23-24H,4-5,15-18H2,1-3H3/t20-,23-,24+,30+/m0/s1. The first-order valence-corrected chi connectivity index (χ1v) is 13.2. The van der Waals surface area contributed by atoms with E-state index >= 15 is 0 Å². The molecule has 2 fully saturated rings. The fourth-order valence-electron chi connectivity index (χ4n) is 7.09. The lowest BCUT2D eigenvalue weighted by molar-refractivity contribution is -0.172. The highest BCUT2D eigenvalue weighted by molar-refractivity contribution is 6.10. The van der Waals surface area contributed by atoms with Crippen LogP contribution in [-0.2, 0) is 35.0 Å². The largest absolute Gasteiger partial charge is 0.468 e. The number of benzene rings is 2. The van der Waals surface area contributed by atoms with E-state index in [9.17, 15) is 19.2 Å². The second-order valence-corrected chi connectivity index (χ2v) is 10.3. The lowest BCUT2D eigenvalue weighted by Crippen LogP contribution is -2.62. The van der Waals surface area contributed by atoms with Crippen LogP contribution >= 0.6 is 0 Å². The molecule has 4 atom stereocenters. The number of methoxy groups -OCH3 is 1. The van der Waals surface area contributed by atoms with Gasteiger partial charge in [0.1, 0.15) is 6.04 Å². The molecule has 0 N–H and O–H groups in total. The predicted octanol–water partition coefficient (Wildman–Crippen LogP) is 3.68. The molecule has 200 valence electrons. The molecule has 38 heavy (non-hydrogen) atoms. The van der Waals surface area contributed by atoms with Crippen LogP contribution in [0.25, 0.3) is 0 Å². The van der Waals surface area contributed by atoms with E-state index in [2.05, 4.69) is 0 Å². The minimum atomic E-state index is -1.63. The van der Waals surface area contributed by atoms with Crippen molar-refractivity contribution in [1.29, 1.82) is 0 Å². The number of esters is 3. The summed E-state index contributed by atoms with van der Waals surface area (Å²) >= 11 is 0. The molecular weight excluding hydrogens is 486 g/mol. The summed E-state index contributed by atoms with van der Waals surface area (Å²) in [6, 6.07) is 16.0. The Bertz CT molecular complexity index is 1240. The lowest BCUT2D eigenvalue weighted by atomic mass is 9.75. The fraction of sp³-hybridized carbons (Fsp3) is 0.467. The molecule has 8 nitrogen and oxygen atoms in total. The SMILES string of the molecule is CCOC(=O)C1(C(=O)OCC)C[C@@H]2C[C@H]3c4ccccc4C(=O)[C@]2(C1)N3[C@H](Cc1ccccc1)C(=O)OC. The van der Waals surface area contributed by atoms with E-state index in [1.165, 1.54) is 7.11 Å². The van der Waals surface area contributed by atoms with Crippen molar-refractivity contribution in [2.75, 3.05) is 20.3 Å². The van der Waals surface area contributed by atoms with Crippen molar-refractivity contribution < 1.29 is 33.4 Å². The highest BCUT2D eigenvalue weighted by atomic mass is 16.6. The van der Waals surface area contributed by atoms with Crippen molar-refractivity contribution in [3.8, 4) is 0 Å². The maximum Gasteiger partial charge on any atom is 0.323 e. The fourth-order valence-corrected chi connectivity index (χ4v) is 7.09. The molecule has 1 saturated carbocycles. The molecule has 8 heteroatoms. The highest BCUT2D eigenvalue weighted by Gasteiger charge is 2.74. The average Bonchev–Trinajstić information content (AvgIpc) is 3.40. The van der Waals surface area contributed by atoms with Crippen LogP contribution < -0.4 is 0 Å². The van der Waals surface area contributed by atoms with Crippen LogP contribution in [0.5, 0.6) is 0 Å². The Labute approximate surface area is 222 Å². The zero-order valence-electron chi connectivity index (χ0n) is 22.0. The normalized spacial score (nSPS) is 25.7. The molecule has 3 aliphatic rings. The van der Waals surface area contributed by atoms with Crippen molar-refractivity contribution in [2.45, 2.75) is 57.2 Å². The van der Waals surface area contributed by atoms with Gasteiger partial charge >= 0.3 is 17.9 Å². The van der Waals surface area contributed by atoms with E-state index in [0.717, 1.165) is 11.1 Å². The minimum absolute atomic E-state index is 0.0968. The number of rotatable bonds is 8. The molecule has 0 unspecified atom stereocenters. The molecule has 0 radical (unpaired) electrons. The van der Waals surface area contributed by atoms with E-state index in [1.54, 1.807) is 19.9 Å². The van der Waals surface area contributed by atoms with Gasteiger partial charge in [-0.2, -0.15) is 0 Å². The molecule has 2 bridgehead atoms. The van der Waals surface area contributed by atoms with E-state index in [4.69, 9.17) is 14.2 Å². The Hall–Kier alpha value is -3.52. The van der Waals surface area contributed by atoms with Crippen LogP contribution in [0, 0.1) is 11.3 Å². The van der Waals surface area contributed by atoms with Crippen LogP contribution in [0.3, 0.4) is 0 Å². The van der Waals surface area contributed by atoms with Gasteiger partial charge in [0.15, 0.2) is 11.2 Å². The quantitative estimate of drug-likeness (QED) is 0.296. The highest BCUT2D eigenvalue weighted by Crippen LogP contribution is 2.65. The summed E-state index contributed by atoms with van der Waals surface area (Å²) in [6.45, 7) is 3.56. The van der Waals surface area contributed by atoms with E-state index in [-0.39, 0.29) is 43.8 Å². The first kappa shape index (κ1) is 26.1. The van der Waals surface area contributed by atoms with Crippen molar-refractivity contribution in [2.24, 2.45) is 11.3 Å². The van der Waals surface area contributed by atoms with Crippen molar-refractivity contribution in [3.05, 3.63) is 71.3 Å². The van der Waals surface area contributed by atoms with Crippen molar-refractivity contribution in [1.82, 2.24) is 4.90 Å². The first-order chi connectivity index (χ1) is 18.3. The summed E-state index contributed by atoms with van der Waals surface area (Å²) in [5.41, 5.74) is -0.538. The average molecular weight is 520 g/mol. The Morgan fingerprint density at radius 3 is 2.24 bits per heavy atom. The Morgan fingerprint density at radius 2 is 1.61 bits per heavy atom. The van der Waals surface area contributed by atoms with Crippen LogP contribution in [0.15, 0.2) is 54.6 Å². The van der Waals surface area contributed by atoms with Gasteiger partial charge in [-0.3, -0.25) is 24.1 Å². The summed E-state index contributed by atoms with van der Waals surface area (Å²) < 4.78 is 16.1. The number of hydrogen-bond acceptors (Lipinski definition) is 8. The minimum Gasteiger partial charge on any atom is -0.468 e. The monoisotopic (exact) mass is 519 g/mol. The van der Waals surface area contributed by atoms with Crippen LogP contribution in [0.1, 0.15) is 60.6 Å². The molecule has 0 aromatic heterocycles. The summed E-state index contributed by atoms with van der Waals surface area (Å²) in [4.78, 5) is 56.8. The number of fused-ring (bicyclic) bond motifs is 3. The third kappa shape index (κ3) is 3.76. The summed E-state index contributed by atoms with van der Waals surface area (Å²) in [6.07, 6.45) is 0.857. The predicted molar refractivity (Wildman–Crippen MR) is 137 cm³/mol. The van der Waals surface area contributed by atoms with Crippen molar-refractivity contribution in [3.63, 3.8) is 0 Å². The maximum absolute atomic E-state index is 14.5. The number of carbonyl (C=O) groups is 4. The Morgan fingerprint density at radius 1 is 0.974 bits per heavy atom. The number of nitrogens with zero attached hydrogens (tertiary/aromatic N) is 1. The zero-order valence-corrected chi connectivity index (χ0v) is 22.0. The molecule has 2 aromatic carbocycles. The molecule has 2 aromatic rings. The van der Waals surface area contributed by atoms with Crippen LogP contribution in [0.4, 0.5) is 0 Å². The summed E-state index contributed by atoms with van der Waals surface area (Å²) in [7, 11) is 1.34. The molecule has 2 heterocycles. The van der Waals surface area contributed by atoms with Gasteiger partial charge in [0.05, 0.1) is 25.9 Å². The molecule has 0 amide bonds. The third-order valence-electron chi connectivity index (χ3n) is 8.52. The topological polar surface area (TPSA) is 99.2 Å². The van der Waals surface area contributed by atoms with Gasteiger partial charge in [-0.05, 0) is 50.2 Å². The number of ether oxygens (including phenoxy) is 3. The van der Waals surface area contributed by atoms with E-state index in [0.29, 0.717) is 18.4 Å². The van der Waals surface area contributed by atoms with Crippen molar-refractivity contribution >= 4 is 23.7 Å². The molecular formula is C30H33NO7. The van der Waals surface area contributed by atoms with Gasteiger partial charge in [-0.25, -0.2) is 0 Å². The number of ketones is 1. The summed E-state index contributed by atoms with van der Waals surface area (Å²) in [5.74, 6) is -2.35. The van der Waals surface area contributed by atoms with Gasteiger partial charge in [0, 0.05) is 18.0 Å². The number of Topliss-reactive ketones (excluding diaryl/α,β-unsaturated/α-hetero) is 1. The molecule has 1 aliphatic carbocycles. The van der Waals surface area contributed by atoms with Gasteiger partial charge in [0.25, 0.3) is 0 Å². The molecule has 5 rings (SSSR count). The van der Waals surface area contributed by atoms with Gasteiger partial charge in [-0.1, -0.05) is 54.6 Å². The van der Waals surface area contributed by atoms with Crippen LogP contribution in [-0.4, -0.2) is 60.5 Å². The van der Waals surface area contributed by atoms with Crippen LogP contribution in [0.2, 0.25) is 0 Å². The number of hydrogen-bond donors (Lipinski definition) is 0. The van der Waals surface area contributed by atoms with E-state index < -0.39 is 34.9 Å². The zero-order chi connectivity index (χ0) is 27.1. The number of carbonyl (C=O) groups excluding carboxylic acids is 4. The smallest absolute Gasteiger partial charge is 0.323 e. The first-order valence-electron chi connectivity index (χ1n) is 13.2. The maximum atomic E-state index is 14.5. The van der Waals surface area contributed by atoms with Gasteiger partial charge < -0.3 is 14.2 Å². The molecule has 1 saturated heterocycles. The third-order valence-corrected chi connectivity index (χ3v) is 8.52. The second kappa shape index (κ2) is 9.98.